The second-order valence-electron chi connectivity index (χ2n) is 15.1. The first-order valence-corrected chi connectivity index (χ1v) is 19.2. The fraction of sp³-hybridized carbons (Fsp3) is 0.429. The first kappa shape index (κ1) is 33.5. The monoisotopic (exact) mass is 689 g/mol. The maximum Gasteiger partial charge on any atom is 0.315 e. The Kier molecular flexibility index (Phi) is 9.71. The number of aliphatic hydroxyl groups excluding tert-OH is 1. The molecule has 1 saturated heterocycles. The standard InChI is InChI=1S/C42H47N3O4S/c1-27-37(26-50-38-7-2-3-16-43-38)48-40(49-39(27)34-10-8-28(25-46)9-11-34)35-14-12-33(13-15-35)36-6-4-5-29(20-36)24-44-41(47)45-42-21-30-17-31(22-42)19-32(18-30)23-42/h2-16,20,27,30-32,37,39-40,46H,17-19,21-26H2,1H3,(H2,44,45,47)/t27-,30?,31?,32?,37+,39+,40+,42?/m1/s1. The molecule has 0 unspecified atom stereocenters. The fourth-order valence-corrected chi connectivity index (χ4v) is 10.4. The second-order valence-corrected chi connectivity index (χ2v) is 16.2. The Hall–Kier alpha value is -3.69. The van der Waals surface area contributed by atoms with Crippen molar-refractivity contribution in [2.24, 2.45) is 23.7 Å². The molecule has 3 N–H and O–H groups in total. The molecule has 2 amide bonds. The van der Waals surface area contributed by atoms with Crippen LogP contribution in [0.15, 0.2) is 102 Å². The molecule has 5 fully saturated rings. The lowest BCUT2D eigenvalue weighted by molar-refractivity contribution is -0.268. The maximum atomic E-state index is 13.1. The van der Waals surface area contributed by atoms with Crippen molar-refractivity contribution in [2.75, 3.05) is 5.75 Å². The normalized spacial score (nSPS) is 29.8. The van der Waals surface area contributed by atoms with Gasteiger partial charge in [0.1, 0.15) is 0 Å². The minimum absolute atomic E-state index is 0.00867. The summed E-state index contributed by atoms with van der Waals surface area (Å²) < 4.78 is 13.3. The number of hydrogen-bond acceptors (Lipinski definition) is 6. The largest absolute Gasteiger partial charge is 0.392 e. The Morgan fingerprint density at radius 2 is 1.56 bits per heavy atom. The van der Waals surface area contributed by atoms with E-state index in [1.54, 1.807) is 11.8 Å². The van der Waals surface area contributed by atoms with E-state index in [2.05, 4.69) is 83.2 Å². The van der Waals surface area contributed by atoms with E-state index in [1.165, 1.54) is 19.3 Å². The Morgan fingerprint density at radius 1 is 0.840 bits per heavy atom. The molecule has 4 aromatic rings. The smallest absolute Gasteiger partial charge is 0.315 e. The minimum atomic E-state index is -0.528. The van der Waals surface area contributed by atoms with Crippen LogP contribution in [-0.4, -0.2) is 33.5 Å². The van der Waals surface area contributed by atoms with Gasteiger partial charge in [-0.3, -0.25) is 0 Å². The van der Waals surface area contributed by atoms with Gasteiger partial charge in [-0.05, 0) is 102 Å². The number of thioether (sulfide) groups is 1. The molecule has 7 nitrogen and oxygen atoms in total. The highest BCUT2D eigenvalue weighted by Gasteiger charge is 2.51. The van der Waals surface area contributed by atoms with Gasteiger partial charge in [-0.1, -0.05) is 79.7 Å². The molecule has 0 radical (unpaired) electrons. The van der Waals surface area contributed by atoms with Crippen molar-refractivity contribution in [1.82, 2.24) is 15.6 Å². The summed E-state index contributed by atoms with van der Waals surface area (Å²) in [6, 6.07) is 30.8. The zero-order valence-electron chi connectivity index (χ0n) is 28.7. The number of aromatic nitrogens is 1. The van der Waals surface area contributed by atoms with Gasteiger partial charge in [-0.15, -0.1) is 11.8 Å². The van der Waals surface area contributed by atoms with Crippen molar-refractivity contribution in [3.63, 3.8) is 0 Å². The number of pyridine rings is 1. The maximum absolute atomic E-state index is 13.1. The first-order valence-electron chi connectivity index (χ1n) is 18.2. The van der Waals surface area contributed by atoms with Crippen LogP contribution in [0.4, 0.5) is 4.79 Å². The number of hydrogen-bond donors (Lipinski definition) is 3. The minimum Gasteiger partial charge on any atom is -0.392 e. The van der Waals surface area contributed by atoms with Crippen LogP contribution in [0.5, 0.6) is 0 Å². The number of nitrogens with one attached hydrogen (secondary N) is 2. The number of urea groups is 1. The van der Waals surface area contributed by atoms with Crippen LogP contribution in [0.25, 0.3) is 11.1 Å². The molecule has 8 heteroatoms. The van der Waals surface area contributed by atoms with Crippen LogP contribution in [0, 0.1) is 23.7 Å². The van der Waals surface area contributed by atoms with Crippen molar-refractivity contribution in [3.05, 3.63) is 119 Å². The van der Waals surface area contributed by atoms with Gasteiger partial charge in [-0.25, -0.2) is 9.78 Å². The molecule has 4 aliphatic carbocycles. The number of aliphatic hydroxyl groups is 1. The fourth-order valence-electron chi connectivity index (χ4n) is 9.33. The summed E-state index contributed by atoms with van der Waals surface area (Å²) in [6.45, 7) is 2.69. The highest BCUT2D eigenvalue weighted by Crippen LogP contribution is 2.55. The molecule has 1 aromatic heterocycles. The summed E-state index contributed by atoms with van der Waals surface area (Å²) >= 11 is 1.70. The van der Waals surface area contributed by atoms with Gasteiger partial charge >= 0.3 is 6.03 Å². The Bertz CT molecular complexity index is 1730. The molecular formula is C42H47N3O4S. The molecule has 9 rings (SSSR count). The number of rotatable bonds is 10. The molecule has 260 valence electrons. The summed E-state index contributed by atoms with van der Waals surface area (Å²) in [7, 11) is 0. The predicted molar refractivity (Wildman–Crippen MR) is 196 cm³/mol. The highest BCUT2D eigenvalue weighted by molar-refractivity contribution is 7.99. The second kappa shape index (κ2) is 14.5. The number of amides is 2. The van der Waals surface area contributed by atoms with E-state index in [1.807, 2.05) is 36.5 Å². The van der Waals surface area contributed by atoms with Crippen LogP contribution in [-0.2, 0) is 22.6 Å². The van der Waals surface area contributed by atoms with Gasteiger partial charge in [0.25, 0.3) is 0 Å². The van der Waals surface area contributed by atoms with Gasteiger partial charge in [0.2, 0.25) is 0 Å². The molecule has 50 heavy (non-hydrogen) atoms. The van der Waals surface area contributed by atoms with E-state index in [-0.39, 0.29) is 36.3 Å². The van der Waals surface area contributed by atoms with Crippen LogP contribution >= 0.6 is 11.8 Å². The Labute approximate surface area is 299 Å². The zero-order valence-corrected chi connectivity index (χ0v) is 29.5. The van der Waals surface area contributed by atoms with Gasteiger partial charge in [0, 0.05) is 35.5 Å². The number of benzene rings is 3. The van der Waals surface area contributed by atoms with Crippen LogP contribution < -0.4 is 10.6 Å². The molecule has 4 bridgehead atoms. The predicted octanol–water partition coefficient (Wildman–Crippen LogP) is 8.59. The lowest BCUT2D eigenvalue weighted by Crippen LogP contribution is -2.61. The molecule has 4 saturated carbocycles. The third kappa shape index (κ3) is 7.35. The summed E-state index contributed by atoms with van der Waals surface area (Å²) in [5.74, 6) is 3.25. The average molecular weight is 690 g/mol. The van der Waals surface area contributed by atoms with E-state index in [9.17, 15) is 9.90 Å². The molecule has 0 spiro atoms. The van der Waals surface area contributed by atoms with Gasteiger partial charge in [0.05, 0.1) is 23.8 Å². The number of ether oxygens (including phenoxy) is 2. The number of nitrogens with zero attached hydrogens (tertiary/aromatic N) is 1. The van der Waals surface area contributed by atoms with E-state index in [0.717, 1.165) is 81.2 Å². The Balaban J connectivity index is 0.934. The molecule has 1 aliphatic heterocycles. The van der Waals surface area contributed by atoms with Crippen molar-refractivity contribution in [3.8, 4) is 11.1 Å². The van der Waals surface area contributed by atoms with Crippen molar-refractivity contribution in [1.29, 1.82) is 0 Å². The van der Waals surface area contributed by atoms with E-state index >= 15 is 0 Å². The lowest BCUT2D eigenvalue weighted by Gasteiger charge is -2.56. The highest BCUT2D eigenvalue weighted by atomic mass is 32.2. The van der Waals surface area contributed by atoms with Crippen LogP contribution in [0.2, 0.25) is 0 Å². The van der Waals surface area contributed by atoms with E-state index in [0.29, 0.717) is 6.54 Å². The molecular weight excluding hydrogens is 643 g/mol. The quantitative estimate of drug-likeness (QED) is 0.145. The topological polar surface area (TPSA) is 92.7 Å². The lowest BCUT2D eigenvalue weighted by atomic mass is 9.53. The van der Waals surface area contributed by atoms with E-state index in [4.69, 9.17) is 9.47 Å². The van der Waals surface area contributed by atoms with Gasteiger partial charge in [-0.2, -0.15) is 0 Å². The zero-order chi connectivity index (χ0) is 34.1. The average Bonchev–Trinajstić information content (AvgIpc) is 3.13. The summed E-state index contributed by atoms with van der Waals surface area (Å²) in [5.41, 5.74) is 6.19. The van der Waals surface area contributed by atoms with Crippen molar-refractivity contribution in [2.45, 2.75) is 87.7 Å². The van der Waals surface area contributed by atoms with Gasteiger partial charge < -0.3 is 25.2 Å². The summed E-state index contributed by atoms with van der Waals surface area (Å²) in [4.78, 5) is 17.6. The summed E-state index contributed by atoms with van der Waals surface area (Å²) in [5, 5.41) is 17.1. The van der Waals surface area contributed by atoms with Crippen LogP contribution in [0.3, 0.4) is 0 Å². The third-order valence-electron chi connectivity index (χ3n) is 11.5. The summed E-state index contributed by atoms with van der Waals surface area (Å²) in [6.07, 6.45) is 8.60. The van der Waals surface area contributed by atoms with E-state index < -0.39 is 6.29 Å². The molecule has 5 aliphatic rings. The molecule has 2 heterocycles. The third-order valence-corrected chi connectivity index (χ3v) is 12.5. The molecule has 4 atom stereocenters. The first-order chi connectivity index (χ1) is 24.4. The molecule has 3 aromatic carbocycles. The SMILES string of the molecule is C[C@@H]1[C@H](CSc2ccccn2)O[C@H](c2ccc(-c3cccc(CNC(=O)NC45CC6CC(CC(C6)C4)C5)c3)cc2)O[C@@H]1c1ccc(CO)cc1. The van der Waals surface area contributed by atoms with Crippen molar-refractivity contribution < 1.29 is 19.4 Å². The van der Waals surface area contributed by atoms with Gasteiger partial charge in [0.15, 0.2) is 6.29 Å². The van der Waals surface area contributed by atoms with Crippen molar-refractivity contribution >= 4 is 17.8 Å². The Morgan fingerprint density at radius 3 is 2.24 bits per heavy atom. The number of carbonyl (C=O) groups is 1. The number of carbonyl (C=O) groups excluding carboxylic acids is 1. The van der Waals surface area contributed by atoms with Crippen LogP contribution in [0.1, 0.15) is 80.1 Å².